The summed E-state index contributed by atoms with van der Waals surface area (Å²) in [5.41, 5.74) is 5.79. The maximum absolute atomic E-state index is 12.0. The smallest absolute Gasteiger partial charge is 0.273 e. The third-order valence-electron chi connectivity index (χ3n) is 3.76. The van der Waals surface area contributed by atoms with Gasteiger partial charge in [0.2, 0.25) is 0 Å². The van der Waals surface area contributed by atoms with Gasteiger partial charge in [0.15, 0.2) is 11.5 Å². The van der Waals surface area contributed by atoms with E-state index < -0.39 is 0 Å². The monoisotopic (exact) mass is 301 g/mol. The summed E-state index contributed by atoms with van der Waals surface area (Å²) < 4.78 is 2.18. The van der Waals surface area contributed by atoms with Crippen LogP contribution in [-0.2, 0) is 19.4 Å². The van der Waals surface area contributed by atoms with Crippen LogP contribution in [0.2, 0.25) is 0 Å². The molecule has 116 valence electrons. The number of aryl methyl sites for hydroxylation is 1. The van der Waals surface area contributed by atoms with E-state index in [1.165, 1.54) is 25.2 Å². The van der Waals surface area contributed by atoms with Crippen molar-refractivity contribution >= 4 is 11.7 Å². The first-order chi connectivity index (χ1) is 10.8. The molecule has 0 atom stereocenters. The van der Waals surface area contributed by atoms with Crippen LogP contribution in [-0.4, -0.2) is 37.2 Å². The van der Waals surface area contributed by atoms with E-state index in [1.54, 1.807) is 0 Å². The number of amides is 1. The number of fused-ring (bicyclic) bond motifs is 1. The van der Waals surface area contributed by atoms with Crippen molar-refractivity contribution in [1.29, 1.82) is 0 Å². The van der Waals surface area contributed by atoms with Gasteiger partial charge in [-0.2, -0.15) is 0 Å². The van der Waals surface area contributed by atoms with Crippen LogP contribution in [0, 0.1) is 0 Å². The topological polar surface area (TPSA) is 112 Å². The number of carbonyl (C=O) groups is 1. The van der Waals surface area contributed by atoms with Crippen LogP contribution in [0.3, 0.4) is 0 Å². The number of nitrogens with one attached hydrogen (secondary N) is 1. The Balaban J connectivity index is 1.59. The van der Waals surface area contributed by atoms with Crippen molar-refractivity contribution in [2.75, 3.05) is 12.3 Å². The molecule has 0 saturated carbocycles. The third-order valence-corrected chi connectivity index (χ3v) is 3.76. The molecule has 1 aliphatic rings. The minimum absolute atomic E-state index is 0.136. The Morgan fingerprint density at radius 3 is 2.95 bits per heavy atom. The van der Waals surface area contributed by atoms with E-state index in [0.29, 0.717) is 13.0 Å². The highest BCUT2D eigenvalue weighted by Crippen LogP contribution is 2.14. The van der Waals surface area contributed by atoms with Crippen molar-refractivity contribution in [3.63, 3.8) is 0 Å². The van der Waals surface area contributed by atoms with Gasteiger partial charge in [0, 0.05) is 38.3 Å². The Kier molecular flexibility index (Phi) is 4.27. The molecule has 0 unspecified atom stereocenters. The molecule has 2 aromatic heterocycles. The summed E-state index contributed by atoms with van der Waals surface area (Å²) in [5, 5.41) is 11.3. The number of anilines is 1. The van der Waals surface area contributed by atoms with E-state index in [2.05, 4.69) is 30.0 Å². The Morgan fingerprint density at radius 2 is 2.09 bits per heavy atom. The summed E-state index contributed by atoms with van der Waals surface area (Å²) in [7, 11) is 0. The first-order valence-electron chi connectivity index (χ1n) is 7.51. The number of hydrogen-bond acceptors (Lipinski definition) is 6. The molecule has 0 aliphatic carbocycles. The first-order valence-corrected chi connectivity index (χ1v) is 7.51. The highest BCUT2D eigenvalue weighted by molar-refractivity contribution is 5.96. The number of carbonyl (C=O) groups excluding carboxylic acids is 1. The molecule has 3 rings (SSSR count). The lowest BCUT2D eigenvalue weighted by atomic mass is 10.2. The molecule has 0 aromatic carbocycles. The zero-order chi connectivity index (χ0) is 15.4. The van der Waals surface area contributed by atoms with Gasteiger partial charge in [0.1, 0.15) is 11.6 Å². The van der Waals surface area contributed by atoms with Crippen LogP contribution in [0.4, 0.5) is 5.82 Å². The molecule has 1 aliphatic heterocycles. The van der Waals surface area contributed by atoms with Crippen LogP contribution in [0.1, 0.15) is 41.4 Å². The minimum Gasteiger partial charge on any atom is -0.382 e. The highest BCUT2D eigenvalue weighted by atomic mass is 16.1. The largest absolute Gasteiger partial charge is 0.382 e. The summed E-state index contributed by atoms with van der Waals surface area (Å²) in [6, 6.07) is 0. The predicted molar refractivity (Wildman–Crippen MR) is 80.1 cm³/mol. The lowest BCUT2D eigenvalue weighted by Crippen LogP contribution is -2.28. The molecule has 2 aromatic rings. The molecule has 0 spiro atoms. The molecule has 8 nitrogen and oxygen atoms in total. The van der Waals surface area contributed by atoms with Crippen LogP contribution < -0.4 is 11.1 Å². The van der Waals surface area contributed by atoms with E-state index in [0.717, 1.165) is 31.0 Å². The van der Waals surface area contributed by atoms with E-state index in [9.17, 15) is 4.79 Å². The van der Waals surface area contributed by atoms with Crippen LogP contribution in [0.25, 0.3) is 0 Å². The predicted octanol–water partition coefficient (Wildman–Crippen LogP) is 0.349. The fourth-order valence-corrected chi connectivity index (χ4v) is 2.63. The van der Waals surface area contributed by atoms with Crippen molar-refractivity contribution in [1.82, 2.24) is 30.0 Å². The van der Waals surface area contributed by atoms with Crippen molar-refractivity contribution in [3.05, 3.63) is 29.7 Å². The zero-order valence-electron chi connectivity index (χ0n) is 12.3. The number of nitrogens with two attached hydrogens (primary N) is 1. The average Bonchev–Trinajstić information content (AvgIpc) is 2.75. The quantitative estimate of drug-likeness (QED) is 0.842. The SMILES string of the molecule is Nc1nccnc1C(=O)NCCc1nnc2n1CCCCC2. The normalized spacial score (nSPS) is 14.2. The second-order valence-electron chi connectivity index (χ2n) is 5.29. The van der Waals surface area contributed by atoms with E-state index >= 15 is 0 Å². The maximum Gasteiger partial charge on any atom is 0.273 e. The summed E-state index contributed by atoms with van der Waals surface area (Å²) in [6.07, 6.45) is 8.07. The van der Waals surface area contributed by atoms with Gasteiger partial charge >= 0.3 is 0 Å². The van der Waals surface area contributed by atoms with Crippen molar-refractivity contribution < 1.29 is 4.79 Å². The number of hydrogen-bond donors (Lipinski definition) is 2. The Hall–Kier alpha value is -2.51. The summed E-state index contributed by atoms with van der Waals surface area (Å²) >= 11 is 0. The van der Waals surface area contributed by atoms with Gasteiger partial charge in [-0.1, -0.05) is 6.42 Å². The molecule has 0 bridgehead atoms. The summed E-state index contributed by atoms with van der Waals surface area (Å²) in [5.74, 6) is 1.79. The summed E-state index contributed by atoms with van der Waals surface area (Å²) in [6.45, 7) is 1.43. The molecule has 0 saturated heterocycles. The van der Waals surface area contributed by atoms with Crippen LogP contribution >= 0.6 is 0 Å². The van der Waals surface area contributed by atoms with Gasteiger partial charge in [0.05, 0.1) is 0 Å². The number of nitrogen functional groups attached to an aromatic ring is 1. The van der Waals surface area contributed by atoms with E-state index in [1.807, 2.05) is 0 Å². The molecule has 0 radical (unpaired) electrons. The Labute approximate surface area is 128 Å². The lowest BCUT2D eigenvalue weighted by Gasteiger charge is -2.08. The van der Waals surface area contributed by atoms with Gasteiger partial charge in [-0.25, -0.2) is 9.97 Å². The number of aromatic nitrogens is 5. The third kappa shape index (κ3) is 3.05. The van der Waals surface area contributed by atoms with E-state index in [4.69, 9.17) is 5.73 Å². The Morgan fingerprint density at radius 1 is 1.23 bits per heavy atom. The molecule has 22 heavy (non-hydrogen) atoms. The van der Waals surface area contributed by atoms with E-state index in [-0.39, 0.29) is 17.4 Å². The van der Waals surface area contributed by atoms with Crippen LogP contribution in [0.5, 0.6) is 0 Å². The van der Waals surface area contributed by atoms with Gasteiger partial charge in [0.25, 0.3) is 5.91 Å². The fourth-order valence-electron chi connectivity index (χ4n) is 2.63. The molecule has 3 N–H and O–H groups in total. The van der Waals surface area contributed by atoms with Gasteiger partial charge < -0.3 is 15.6 Å². The molecule has 1 amide bonds. The maximum atomic E-state index is 12.0. The van der Waals surface area contributed by atoms with Gasteiger partial charge in [-0.05, 0) is 12.8 Å². The molecule has 3 heterocycles. The van der Waals surface area contributed by atoms with Crippen molar-refractivity contribution in [3.8, 4) is 0 Å². The Bertz CT molecular complexity index is 667. The highest BCUT2D eigenvalue weighted by Gasteiger charge is 2.15. The second kappa shape index (κ2) is 6.50. The molecular weight excluding hydrogens is 282 g/mol. The molecular formula is C14H19N7O. The lowest BCUT2D eigenvalue weighted by molar-refractivity contribution is 0.0949. The van der Waals surface area contributed by atoms with Gasteiger partial charge in [-0.3, -0.25) is 4.79 Å². The fraction of sp³-hybridized carbons (Fsp3) is 0.500. The second-order valence-corrected chi connectivity index (χ2v) is 5.29. The molecule has 0 fully saturated rings. The van der Waals surface area contributed by atoms with Crippen LogP contribution in [0.15, 0.2) is 12.4 Å². The van der Waals surface area contributed by atoms with Gasteiger partial charge in [-0.15, -0.1) is 10.2 Å². The van der Waals surface area contributed by atoms with Crippen molar-refractivity contribution in [2.45, 2.75) is 38.6 Å². The minimum atomic E-state index is -0.318. The molecule has 8 heteroatoms. The number of nitrogens with zero attached hydrogens (tertiary/aromatic N) is 5. The number of rotatable bonds is 4. The van der Waals surface area contributed by atoms with Crippen molar-refractivity contribution in [2.24, 2.45) is 0 Å². The average molecular weight is 301 g/mol. The zero-order valence-corrected chi connectivity index (χ0v) is 12.3. The first kappa shape index (κ1) is 14.4. The standard InChI is InChI=1S/C14H19N7O/c15-13-12(16-7-8-17-13)14(22)18-6-5-11-20-19-10-4-2-1-3-9-21(10)11/h7-8H,1-6,9H2,(H2,15,17)(H,18,22). The summed E-state index contributed by atoms with van der Waals surface area (Å²) in [4.78, 5) is 19.8.